The predicted octanol–water partition coefficient (Wildman–Crippen LogP) is 1.81. The SMILES string of the molecule is CN(C)C(=O)c1cccc2c1C1(COc3cc4c(cc31)OCCO4)C(=O)N2C. The summed E-state index contributed by atoms with van der Waals surface area (Å²) in [5.74, 6) is 1.53. The van der Waals surface area contributed by atoms with Crippen LogP contribution in [-0.2, 0) is 10.2 Å². The molecule has 144 valence electrons. The largest absolute Gasteiger partial charge is 0.491 e. The average molecular weight is 380 g/mol. The van der Waals surface area contributed by atoms with Crippen LogP contribution in [0.15, 0.2) is 30.3 Å². The predicted molar refractivity (Wildman–Crippen MR) is 102 cm³/mol. The zero-order valence-electron chi connectivity index (χ0n) is 15.9. The minimum Gasteiger partial charge on any atom is -0.491 e. The number of carbonyl (C=O) groups is 2. The van der Waals surface area contributed by atoms with Gasteiger partial charge in [0.15, 0.2) is 11.5 Å². The molecule has 0 saturated heterocycles. The molecule has 7 nitrogen and oxygen atoms in total. The Balaban J connectivity index is 1.79. The summed E-state index contributed by atoms with van der Waals surface area (Å²) >= 11 is 0. The summed E-state index contributed by atoms with van der Waals surface area (Å²) in [6.45, 7) is 1.07. The van der Waals surface area contributed by atoms with E-state index in [1.807, 2.05) is 12.1 Å². The Hall–Kier alpha value is -3.22. The first-order valence-electron chi connectivity index (χ1n) is 9.15. The second-order valence-electron chi connectivity index (χ2n) is 7.45. The Morgan fingerprint density at radius 1 is 1.07 bits per heavy atom. The second-order valence-corrected chi connectivity index (χ2v) is 7.45. The van der Waals surface area contributed by atoms with Gasteiger partial charge in [0.2, 0.25) is 5.91 Å². The maximum absolute atomic E-state index is 13.5. The quantitative estimate of drug-likeness (QED) is 0.755. The van der Waals surface area contributed by atoms with E-state index in [2.05, 4.69) is 0 Å². The molecule has 0 N–H and O–H groups in total. The Labute approximate surface area is 162 Å². The molecular formula is C21H20N2O5. The van der Waals surface area contributed by atoms with Gasteiger partial charge in [-0.2, -0.15) is 0 Å². The molecule has 2 amide bonds. The number of benzene rings is 2. The average Bonchev–Trinajstić information content (AvgIpc) is 3.18. The van der Waals surface area contributed by atoms with Crippen LogP contribution < -0.4 is 19.1 Å². The number of hydrogen-bond acceptors (Lipinski definition) is 5. The van der Waals surface area contributed by atoms with Gasteiger partial charge in [-0.25, -0.2) is 0 Å². The van der Waals surface area contributed by atoms with E-state index in [1.54, 1.807) is 44.2 Å². The van der Waals surface area contributed by atoms with Crippen LogP contribution in [0.5, 0.6) is 17.2 Å². The molecule has 2 aromatic carbocycles. The van der Waals surface area contributed by atoms with E-state index in [1.165, 1.54) is 4.90 Å². The molecule has 2 aromatic rings. The van der Waals surface area contributed by atoms with E-state index >= 15 is 0 Å². The fourth-order valence-corrected chi connectivity index (χ4v) is 4.36. The van der Waals surface area contributed by atoms with Crippen LogP contribution in [0.4, 0.5) is 5.69 Å². The monoisotopic (exact) mass is 380 g/mol. The molecule has 3 aliphatic heterocycles. The highest BCUT2D eigenvalue weighted by Gasteiger charge is 2.58. The third kappa shape index (κ3) is 1.99. The minimum atomic E-state index is -1.07. The van der Waals surface area contributed by atoms with Crippen molar-refractivity contribution >= 4 is 17.5 Å². The molecule has 3 aliphatic rings. The lowest BCUT2D eigenvalue weighted by molar-refractivity contribution is -0.121. The van der Waals surface area contributed by atoms with Crippen molar-refractivity contribution in [3.63, 3.8) is 0 Å². The standard InChI is InChI=1S/C21H20N2O5/c1-22(2)19(24)12-5-4-6-14-18(12)21(20(25)23(14)3)11-28-15-10-17-16(9-13(15)21)26-7-8-27-17/h4-6,9-10H,7-8,11H2,1-3H3. The first-order chi connectivity index (χ1) is 13.4. The van der Waals surface area contributed by atoms with Gasteiger partial charge in [0.1, 0.15) is 31.0 Å². The van der Waals surface area contributed by atoms with E-state index < -0.39 is 5.41 Å². The Morgan fingerprint density at radius 3 is 2.50 bits per heavy atom. The molecule has 28 heavy (non-hydrogen) atoms. The summed E-state index contributed by atoms with van der Waals surface area (Å²) in [5, 5.41) is 0. The van der Waals surface area contributed by atoms with Crippen molar-refractivity contribution in [3.8, 4) is 17.2 Å². The maximum atomic E-state index is 13.5. The minimum absolute atomic E-state index is 0.114. The van der Waals surface area contributed by atoms with Crippen LogP contribution in [0.2, 0.25) is 0 Å². The van der Waals surface area contributed by atoms with E-state index in [9.17, 15) is 9.59 Å². The highest BCUT2D eigenvalue weighted by Crippen LogP contribution is 2.55. The lowest BCUT2D eigenvalue weighted by Crippen LogP contribution is -2.42. The first kappa shape index (κ1) is 16.9. The Kier molecular flexibility index (Phi) is 3.41. The number of likely N-dealkylation sites (N-methyl/N-ethyl adjacent to an activating group) is 1. The number of amides is 2. The summed E-state index contributed by atoms with van der Waals surface area (Å²) in [6, 6.07) is 9.05. The van der Waals surface area contributed by atoms with Crippen LogP contribution in [0.25, 0.3) is 0 Å². The third-order valence-electron chi connectivity index (χ3n) is 5.69. The molecule has 0 aromatic heterocycles. The molecule has 7 heteroatoms. The Morgan fingerprint density at radius 2 is 1.79 bits per heavy atom. The van der Waals surface area contributed by atoms with Gasteiger partial charge >= 0.3 is 0 Å². The Bertz CT molecular complexity index is 1030. The summed E-state index contributed by atoms with van der Waals surface area (Å²) in [7, 11) is 5.14. The highest BCUT2D eigenvalue weighted by molar-refractivity contribution is 6.14. The number of hydrogen-bond donors (Lipinski definition) is 0. The first-order valence-corrected chi connectivity index (χ1v) is 9.15. The van der Waals surface area contributed by atoms with Crippen molar-refractivity contribution in [1.29, 1.82) is 0 Å². The molecule has 1 spiro atoms. The van der Waals surface area contributed by atoms with Crippen molar-refractivity contribution in [2.24, 2.45) is 0 Å². The number of carbonyl (C=O) groups excluding carboxylic acids is 2. The van der Waals surface area contributed by atoms with E-state index in [0.29, 0.717) is 47.2 Å². The summed E-state index contributed by atoms with van der Waals surface area (Å²) in [4.78, 5) is 29.6. The zero-order valence-corrected chi connectivity index (χ0v) is 15.9. The molecule has 0 radical (unpaired) electrons. The van der Waals surface area contributed by atoms with Crippen molar-refractivity contribution in [3.05, 3.63) is 47.0 Å². The van der Waals surface area contributed by atoms with Gasteiger partial charge in [-0.05, 0) is 18.2 Å². The fourth-order valence-electron chi connectivity index (χ4n) is 4.36. The van der Waals surface area contributed by atoms with Crippen molar-refractivity contribution in [2.45, 2.75) is 5.41 Å². The third-order valence-corrected chi connectivity index (χ3v) is 5.69. The maximum Gasteiger partial charge on any atom is 0.253 e. The second kappa shape index (κ2) is 5.64. The molecule has 0 fully saturated rings. The molecule has 1 unspecified atom stereocenters. The highest BCUT2D eigenvalue weighted by atomic mass is 16.6. The zero-order chi connectivity index (χ0) is 19.6. The van der Waals surface area contributed by atoms with Crippen molar-refractivity contribution in [2.75, 3.05) is 45.9 Å². The van der Waals surface area contributed by atoms with Crippen LogP contribution in [0.3, 0.4) is 0 Å². The molecule has 1 atom stereocenters. The summed E-state index contributed by atoms with van der Waals surface area (Å²) < 4.78 is 17.4. The number of anilines is 1. The molecule has 3 heterocycles. The lowest BCUT2D eigenvalue weighted by Gasteiger charge is -2.25. The normalized spacial score (nSPS) is 21.4. The molecule has 0 aliphatic carbocycles. The summed E-state index contributed by atoms with van der Waals surface area (Å²) in [6.07, 6.45) is 0. The van der Waals surface area contributed by atoms with Crippen LogP contribution in [0.1, 0.15) is 21.5 Å². The molecule has 0 bridgehead atoms. The number of fused-ring (bicyclic) bond motifs is 5. The van der Waals surface area contributed by atoms with E-state index in [-0.39, 0.29) is 18.4 Å². The van der Waals surface area contributed by atoms with Gasteiger partial charge in [-0.1, -0.05) is 6.07 Å². The van der Waals surface area contributed by atoms with E-state index in [4.69, 9.17) is 14.2 Å². The molecule has 0 saturated carbocycles. The van der Waals surface area contributed by atoms with Crippen LogP contribution in [-0.4, -0.2) is 57.7 Å². The van der Waals surface area contributed by atoms with Gasteiger partial charge in [-0.15, -0.1) is 0 Å². The van der Waals surface area contributed by atoms with Gasteiger partial charge in [0, 0.05) is 49.6 Å². The van der Waals surface area contributed by atoms with Crippen LogP contribution >= 0.6 is 0 Å². The number of nitrogens with zero attached hydrogens (tertiary/aromatic N) is 2. The number of ether oxygens (including phenoxy) is 3. The van der Waals surface area contributed by atoms with E-state index in [0.717, 1.165) is 5.69 Å². The van der Waals surface area contributed by atoms with Gasteiger partial charge in [-0.3, -0.25) is 9.59 Å². The van der Waals surface area contributed by atoms with Crippen molar-refractivity contribution < 1.29 is 23.8 Å². The van der Waals surface area contributed by atoms with Crippen LogP contribution in [0, 0.1) is 0 Å². The van der Waals surface area contributed by atoms with Gasteiger partial charge in [0.05, 0.1) is 0 Å². The fraction of sp³-hybridized carbons (Fsp3) is 0.333. The van der Waals surface area contributed by atoms with Gasteiger partial charge in [0.25, 0.3) is 5.91 Å². The molecular weight excluding hydrogens is 360 g/mol. The smallest absolute Gasteiger partial charge is 0.253 e. The summed E-state index contributed by atoms with van der Waals surface area (Å²) in [5.41, 5.74) is 1.57. The number of rotatable bonds is 1. The van der Waals surface area contributed by atoms with Crippen molar-refractivity contribution in [1.82, 2.24) is 4.90 Å². The van der Waals surface area contributed by atoms with Gasteiger partial charge < -0.3 is 24.0 Å². The topological polar surface area (TPSA) is 68.3 Å². The lowest BCUT2D eigenvalue weighted by atomic mass is 9.75. The molecule has 5 rings (SSSR count).